The minimum absolute atomic E-state index is 0.0672. The Morgan fingerprint density at radius 3 is 2.20 bits per heavy atom. The maximum absolute atomic E-state index is 12.7. The van der Waals surface area contributed by atoms with Crippen molar-refractivity contribution in [3.05, 3.63) is 22.8 Å². The smallest absolute Gasteiger partial charge is 0.336 e. The van der Waals surface area contributed by atoms with E-state index < -0.39 is 98.2 Å². The standard InChI is InChI=1S/C40H62O15/c1-17-11-26(53-36(50)22(17)14-41)18(2)23-7-8-24-21-6-5-19-12-20(13-29(43)40(19,4)25(21)9-10-39(23,24)3)52-38-35(49)33(47)31(45)28(55-38)16-51-37-34(48)32(46)30(44)27(15-42)54-37/h5,18,20-21,23-35,37-38,41-49H,6-16H2,1-4H3/t18-,20-,21-,23-,24+,25+,26-,27-,28-,29-,30-,31-,32+,33-,34+,35-,37-,38-,39+,40-/m1/s1. The van der Waals surface area contributed by atoms with Crippen LogP contribution in [0.15, 0.2) is 22.8 Å². The van der Waals surface area contributed by atoms with Crippen molar-refractivity contribution in [2.45, 2.75) is 159 Å². The Kier molecular flexibility index (Phi) is 12.0. The molecular weight excluding hydrogens is 720 g/mol. The van der Waals surface area contributed by atoms with Crippen LogP contribution >= 0.6 is 0 Å². The van der Waals surface area contributed by atoms with Crippen LogP contribution in [0, 0.1) is 40.4 Å². The third-order valence-corrected chi connectivity index (χ3v) is 15.4. The fourth-order valence-corrected chi connectivity index (χ4v) is 12.0. The van der Waals surface area contributed by atoms with Gasteiger partial charge in [-0.15, -0.1) is 0 Å². The molecule has 0 amide bonds. The van der Waals surface area contributed by atoms with Crippen molar-refractivity contribution in [2.75, 3.05) is 19.8 Å². The summed E-state index contributed by atoms with van der Waals surface area (Å²) in [6.45, 7) is 7.30. The van der Waals surface area contributed by atoms with Crippen LogP contribution in [0.2, 0.25) is 0 Å². The summed E-state index contributed by atoms with van der Waals surface area (Å²) in [6, 6.07) is 0. The molecule has 0 aromatic heterocycles. The van der Waals surface area contributed by atoms with Crippen molar-refractivity contribution in [3.63, 3.8) is 0 Å². The van der Waals surface area contributed by atoms with Gasteiger partial charge in [0.05, 0.1) is 37.6 Å². The number of ether oxygens (including phenoxy) is 5. The van der Waals surface area contributed by atoms with Gasteiger partial charge in [-0.25, -0.2) is 4.79 Å². The van der Waals surface area contributed by atoms with Gasteiger partial charge in [-0.1, -0.05) is 38.0 Å². The van der Waals surface area contributed by atoms with Crippen LogP contribution in [0.4, 0.5) is 0 Å². The Morgan fingerprint density at radius 2 is 1.53 bits per heavy atom. The fraction of sp³-hybridized carbons (Fsp3) is 0.875. The minimum atomic E-state index is -1.68. The van der Waals surface area contributed by atoms with Gasteiger partial charge in [-0.2, -0.15) is 0 Å². The van der Waals surface area contributed by atoms with Gasteiger partial charge in [0.1, 0.15) is 54.9 Å². The van der Waals surface area contributed by atoms with Gasteiger partial charge in [0.15, 0.2) is 12.6 Å². The van der Waals surface area contributed by atoms with Gasteiger partial charge >= 0.3 is 5.97 Å². The van der Waals surface area contributed by atoms with Crippen molar-refractivity contribution in [2.24, 2.45) is 40.4 Å². The number of rotatable bonds is 9. The summed E-state index contributed by atoms with van der Waals surface area (Å²) in [5.41, 5.74) is 1.98. The number of aliphatic hydroxyl groups is 9. The van der Waals surface area contributed by atoms with Crippen molar-refractivity contribution >= 4 is 5.97 Å². The third-order valence-electron chi connectivity index (χ3n) is 15.4. The van der Waals surface area contributed by atoms with Crippen LogP contribution in [0.3, 0.4) is 0 Å². The molecule has 3 heterocycles. The van der Waals surface area contributed by atoms with Gasteiger partial charge in [0.2, 0.25) is 0 Å². The highest BCUT2D eigenvalue weighted by Crippen LogP contribution is 2.67. The second-order valence-corrected chi connectivity index (χ2v) is 18.0. The van der Waals surface area contributed by atoms with Gasteiger partial charge < -0.3 is 69.6 Å². The van der Waals surface area contributed by atoms with Crippen molar-refractivity contribution < 1.29 is 74.4 Å². The quantitative estimate of drug-likeness (QED) is 0.109. The molecule has 0 aromatic rings. The molecule has 0 spiro atoms. The number of cyclic esters (lactones) is 1. The summed E-state index contributed by atoms with van der Waals surface area (Å²) in [4.78, 5) is 12.7. The third kappa shape index (κ3) is 7.06. The van der Waals surface area contributed by atoms with E-state index in [4.69, 9.17) is 23.7 Å². The maximum atomic E-state index is 12.7. The lowest BCUT2D eigenvalue weighted by Gasteiger charge is -2.60. The molecule has 5 fully saturated rings. The highest BCUT2D eigenvalue weighted by atomic mass is 16.7. The zero-order valence-electron chi connectivity index (χ0n) is 32.2. The van der Waals surface area contributed by atoms with E-state index in [1.165, 1.54) is 0 Å². The highest BCUT2D eigenvalue weighted by molar-refractivity contribution is 5.90. The SMILES string of the molecule is CC1=C(CO)C(=O)O[C@@H]([C@H](C)[C@H]2CC[C@H]3[C@H]4CC=C5C[C@@H](O[C@@H]6O[C@H](CO[C@@H]7O[C@H](CO)[C@@H](O)[C@H](O)[C@@H]7O)[C@@H](O)[C@@H](O)[C@H]6O)C[C@@H](O)[C@@]5(C)[C@H]4CC[C@@]23C)C1. The summed E-state index contributed by atoms with van der Waals surface area (Å²) in [5, 5.41) is 94.0. The number of carbonyl (C=O) groups is 1. The highest BCUT2D eigenvalue weighted by Gasteiger charge is 2.62. The second kappa shape index (κ2) is 15.9. The van der Waals surface area contributed by atoms with Crippen LogP contribution < -0.4 is 0 Å². The van der Waals surface area contributed by atoms with Gasteiger partial charge in [-0.3, -0.25) is 0 Å². The van der Waals surface area contributed by atoms with E-state index in [-0.39, 0.29) is 36.4 Å². The molecule has 3 aliphatic heterocycles. The topological polar surface area (TPSA) is 245 Å². The molecule has 20 atom stereocenters. The Bertz CT molecular complexity index is 1470. The zero-order chi connectivity index (χ0) is 39.7. The molecule has 9 N–H and O–H groups in total. The molecule has 7 aliphatic rings. The molecule has 3 saturated carbocycles. The van der Waals surface area contributed by atoms with E-state index in [1.54, 1.807) is 0 Å². The normalized spacial score (nSPS) is 50.7. The zero-order valence-corrected chi connectivity index (χ0v) is 32.2. The summed E-state index contributed by atoms with van der Waals surface area (Å²) >= 11 is 0. The Morgan fingerprint density at radius 1 is 0.855 bits per heavy atom. The van der Waals surface area contributed by atoms with Crippen LogP contribution in [0.1, 0.15) is 79.1 Å². The molecule has 0 aromatic carbocycles. The van der Waals surface area contributed by atoms with E-state index >= 15 is 0 Å². The summed E-state index contributed by atoms with van der Waals surface area (Å²) in [7, 11) is 0. The number of hydrogen-bond donors (Lipinski definition) is 9. The first-order chi connectivity index (χ1) is 26.0. The number of aliphatic hydroxyl groups excluding tert-OH is 9. The van der Waals surface area contributed by atoms with E-state index in [1.807, 2.05) is 6.92 Å². The van der Waals surface area contributed by atoms with E-state index in [0.29, 0.717) is 36.2 Å². The monoisotopic (exact) mass is 782 g/mol. The number of allylic oxidation sites excluding steroid dienone is 1. The van der Waals surface area contributed by atoms with Crippen molar-refractivity contribution in [1.29, 1.82) is 0 Å². The lowest BCUT2D eigenvalue weighted by molar-refractivity contribution is -0.337. The van der Waals surface area contributed by atoms with E-state index in [9.17, 15) is 50.8 Å². The van der Waals surface area contributed by atoms with Gasteiger partial charge in [0.25, 0.3) is 0 Å². The van der Waals surface area contributed by atoms with E-state index in [2.05, 4.69) is 26.8 Å². The molecule has 4 aliphatic carbocycles. The predicted octanol–water partition coefficient (Wildman–Crippen LogP) is -0.194. The van der Waals surface area contributed by atoms with Gasteiger partial charge in [0, 0.05) is 18.3 Å². The maximum Gasteiger partial charge on any atom is 0.336 e. The van der Waals surface area contributed by atoms with E-state index in [0.717, 1.165) is 43.3 Å². The van der Waals surface area contributed by atoms with Crippen LogP contribution in [0.5, 0.6) is 0 Å². The Balaban J connectivity index is 1.00. The number of hydrogen-bond acceptors (Lipinski definition) is 15. The van der Waals surface area contributed by atoms with Crippen LogP contribution in [0.25, 0.3) is 0 Å². The first kappa shape index (κ1) is 41.6. The Hall–Kier alpha value is -1.57. The summed E-state index contributed by atoms with van der Waals surface area (Å²) in [5.74, 6) is 1.26. The van der Waals surface area contributed by atoms with Crippen molar-refractivity contribution in [1.82, 2.24) is 0 Å². The molecule has 2 saturated heterocycles. The largest absolute Gasteiger partial charge is 0.458 e. The van der Waals surface area contributed by atoms with Crippen LogP contribution in [-0.4, -0.2) is 151 Å². The van der Waals surface area contributed by atoms with Crippen LogP contribution in [-0.2, 0) is 28.5 Å². The molecule has 0 radical (unpaired) electrons. The fourth-order valence-electron chi connectivity index (χ4n) is 12.0. The average Bonchev–Trinajstić information content (AvgIpc) is 3.51. The predicted molar refractivity (Wildman–Crippen MR) is 191 cm³/mol. The molecule has 15 heteroatoms. The average molecular weight is 783 g/mol. The molecule has 7 rings (SSSR count). The lowest BCUT2D eigenvalue weighted by atomic mass is 9.46. The summed E-state index contributed by atoms with van der Waals surface area (Å²) < 4.78 is 29.0. The molecule has 15 nitrogen and oxygen atoms in total. The first-order valence-corrected chi connectivity index (χ1v) is 20.2. The molecule has 55 heavy (non-hydrogen) atoms. The Labute approximate surface area is 321 Å². The minimum Gasteiger partial charge on any atom is -0.458 e. The number of carbonyl (C=O) groups excluding carboxylic acids is 1. The second-order valence-electron chi connectivity index (χ2n) is 18.0. The molecule has 0 unspecified atom stereocenters. The number of fused-ring (bicyclic) bond motifs is 5. The molecule has 312 valence electrons. The van der Waals surface area contributed by atoms with Crippen molar-refractivity contribution in [3.8, 4) is 0 Å². The number of esters is 1. The molecule has 0 bridgehead atoms. The lowest BCUT2D eigenvalue weighted by Crippen LogP contribution is -2.62. The van der Waals surface area contributed by atoms with Gasteiger partial charge in [-0.05, 0) is 80.5 Å². The molecular formula is C40H62O15. The first-order valence-electron chi connectivity index (χ1n) is 20.2. The summed E-state index contributed by atoms with van der Waals surface area (Å²) in [6.07, 6.45) is -8.00.